The topological polar surface area (TPSA) is 71.1 Å². The van der Waals surface area contributed by atoms with Crippen LogP contribution in [0.4, 0.5) is 11.4 Å². The number of aromatic nitrogens is 1. The molecule has 2 amide bonds. The number of para-hydroxylation sites is 1. The highest BCUT2D eigenvalue weighted by atomic mass is 32.2. The molecule has 8 heteroatoms. The molecule has 2 aromatic carbocycles. The molecule has 1 unspecified atom stereocenters. The van der Waals surface area contributed by atoms with Crippen LogP contribution < -0.4 is 10.6 Å². The van der Waals surface area contributed by atoms with Gasteiger partial charge in [-0.2, -0.15) is 0 Å². The van der Waals surface area contributed by atoms with E-state index in [0.29, 0.717) is 11.4 Å². The van der Waals surface area contributed by atoms with Crippen LogP contribution in [-0.2, 0) is 9.59 Å². The van der Waals surface area contributed by atoms with E-state index in [1.165, 1.54) is 23.5 Å². The minimum absolute atomic E-state index is 0.0225. The highest BCUT2D eigenvalue weighted by Crippen LogP contribution is 2.34. The normalized spacial score (nSPS) is 14.6. The van der Waals surface area contributed by atoms with Crippen molar-refractivity contribution in [2.75, 3.05) is 16.4 Å². The maximum atomic E-state index is 12.5. The van der Waals surface area contributed by atoms with Gasteiger partial charge in [0.25, 0.3) is 0 Å². The van der Waals surface area contributed by atoms with Crippen LogP contribution >= 0.6 is 34.9 Å². The van der Waals surface area contributed by atoms with E-state index in [4.69, 9.17) is 0 Å². The summed E-state index contributed by atoms with van der Waals surface area (Å²) in [6, 6.07) is 13.5. The number of amides is 2. The molecule has 1 aliphatic heterocycles. The Balaban J connectivity index is 1.44. The van der Waals surface area contributed by atoms with Gasteiger partial charge < -0.3 is 10.6 Å². The van der Waals surface area contributed by atoms with Crippen molar-refractivity contribution in [1.29, 1.82) is 0 Å². The first-order valence-corrected chi connectivity index (χ1v) is 10.7. The molecule has 0 fully saturated rings. The Kier molecular flexibility index (Phi) is 4.88. The summed E-state index contributed by atoms with van der Waals surface area (Å²) in [6.07, 6.45) is 0. The number of carbonyl (C=O) groups excluding carboxylic acids is 2. The van der Waals surface area contributed by atoms with Crippen LogP contribution in [-0.4, -0.2) is 27.8 Å². The van der Waals surface area contributed by atoms with E-state index in [0.717, 1.165) is 25.1 Å². The van der Waals surface area contributed by atoms with Crippen molar-refractivity contribution in [2.24, 2.45) is 0 Å². The van der Waals surface area contributed by atoms with Gasteiger partial charge in [-0.05, 0) is 37.3 Å². The van der Waals surface area contributed by atoms with Crippen molar-refractivity contribution in [3.05, 3.63) is 42.5 Å². The van der Waals surface area contributed by atoms with Crippen molar-refractivity contribution in [1.82, 2.24) is 4.98 Å². The van der Waals surface area contributed by atoms with Gasteiger partial charge in [0, 0.05) is 10.6 Å². The lowest BCUT2D eigenvalue weighted by molar-refractivity contribution is -0.115. The molecule has 0 radical (unpaired) electrons. The van der Waals surface area contributed by atoms with Gasteiger partial charge >= 0.3 is 0 Å². The van der Waals surface area contributed by atoms with Crippen LogP contribution in [0.1, 0.15) is 6.92 Å². The standard InChI is InChI=1S/C18H15N3O2S3/c1-10(25-18-21-12-4-2-3-5-15(12)26-18)17(23)19-11-6-7-14-13(8-11)20-16(22)9-24-14/h2-8,10H,9H2,1H3,(H,19,23)(H,20,22). The molecule has 26 heavy (non-hydrogen) atoms. The Labute approximate surface area is 163 Å². The number of anilines is 2. The van der Waals surface area contributed by atoms with Gasteiger partial charge in [-0.1, -0.05) is 23.9 Å². The average molecular weight is 402 g/mol. The first-order valence-electron chi connectivity index (χ1n) is 7.98. The van der Waals surface area contributed by atoms with E-state index < -0.39 is 0 Å². The molecule has 3 aromatic rings. The van der Waals surface area contributed by atoms with Crippen LogP contribution in [0.3, 0.4) is 0 Å². The summed E-state index contributed by atoms with van der Waals surface area (Å²) < 4.78 is 1.99. The molecule has 2 heterocycles. The summed E-state index contributed by atoms with van der Waals surface area (Å²) in [5.74, 6) is 0.309. The molecule has 2 N–H and O–H groups in total. The van der Waals surface area contributed by atoms with Crippen molar-refractivity contribution in [3.8, 4) is 0 Å². The van der Waals surface area contributed by atoms with E-state index >= 15 is 0 Å². The third kappa shape index (κ3) is 3.72. The number of carbonyl (C=O) groups is 2. The van der Waals surface area contributed by atoms with Crippen molar-refractivity contribution in [3.63, 3.8) is 0 Å². The number of nitrogens with zero attached hydrogens (tertiary/aromatic N) is 1. The smallest absolute Gasteiger partial charge is 0.237 e. The van der Waals surface area contributed by atoms with E-state index in [1.807, 2.05) is 43.3 Å². The summed E-state index contributed by atoms with van der Waals surface area (Å²) in [5.41, 5.74) is 2.37. The Hall–Kier alpha value is -2.03. The van der Waals surface area contributed by atoms with Crippen LogP contribution in [0.25, 0.3) is 10.2 Å². The predicted molar refractivity (Wildman–Crippen MR) is 109 cm³/mol. The molecule has 1 aliphatic rings. The largest absolute Gasteiger partial charge is 0.325 e. The molecule has 5 nitrogen and oxygen atoms in total. The summed E-state index contributed by atoms with van der Waals surface area (Å²) in [4.78, 5) is 29.6. The van der Waals surface area contributed by atoms with E-state index in [1.54, 1.807) is 17.4 Å². The molecule has 1 aromatic heterocycles. The molecule has 0 saturated heterocycles. The van der Waals surface area contributed by atoms with Crippen molar-refractivity contribution >= 4 is 68.3 Å². The minimum atomic E-state index is -0.282. The molecule has 0 spiro atoms. The van der Waals surface area contributed by atoms with Crippen LogP contribution in [0.5, 0.6) is 0 Å². The highest BCUT2D eigenvalue weighted by Gasteiger charge is 2.19. The Bertz CT molecular complexity index is 969. The maximum Gasteiger partial charge on any atom is 0.237 e. The Morgan fingerprint density at radius 3 is 3.00 bits per heavy atom. The van der Waals surface area contributed by atoms with Crippen molar-refractivity contribution in [2.45, 2.75) is 21.4 Å². The summed E-state index contributed by atoms with van der Waals surface area (Å²) in [5, 5.41) is 5.47. The lowest BCUT2D eigenvalue weighted by atomic mass is 10.2. The molecule has 0 saturated carbocycles. The third-order valence-corrected chi connectivity index (χ3v) is 7.10. The van der Waals surface area contributed by atoms with Crippen molar-refractivity contribution < 1.29 is 9.59 Å². The number of rotatable bonds is 4. The zero-order valence-electron chi connectivity index (χ0n) is 13.8. The van der Waals surface area contributed by atoms with Gasteiger partial charge in [0.15, 0.2) is 4.34 Å². The predicted octanol–water partition coefficient (Wildman–Crippen LogP) is 4.46. The minimum Gasteiger partial charge on any atom is -0.325 e. The van der Waals surface area contributed by atoms with Gasteiger partial charge in [-0.25, -0.2) is 4.98 Å². The molecule has 132 valence electrons. The van der Waals surface area contributed by atoms with Gasteiger partial charge in [0.1, 0.15) is 0 Å². The summed E-state index contributed by atoms with van der Waals surface area (Å²) in [6.45, 7) is 1.86. The van der Waals surface area contributed by atoms with E-state index in [2.05, 4.69) is 15.6 Å². The number of nitrogens with one attached hydrogen (secondary N) is 2. The second kappa shape index (κ2) is 7.30. The SMILES string of the molecule is CC(Sc1nc2ccccc2s1)C(=O)Nc1ccc2c(c1)NC(=O)CS2. The zero-order valence-corrected chi connectivity index (χ0v) is 16.3. The fraction of sp³-hybridized carbons (Fsp3) is 0.167. The molecular weight excluding hydrogens is 386 g/mol. The van der Waals surface area contributed by atoms with Crippen LogP contribution in [0.2, 0.25) is 0 Å². The lowest BCUT2D eigenvalue weighted by Crippen LogP contribution is -2.23. The van der Waals surface area contributed by atoms with E-state index in [-0.39, 0.29) is 17.1 Å². The first kappa shape index (κ1) is 17.4. The van der Waals surface area contributed by atoms with Gasteiger partial charge in [-0.15, -0.1) is 23.1 Å². The summed E-state index contributed by atoms with van der Waals surface area (Å²) in [7, 11) is 0. The average Bonchev–Trinajstić information content (AvgIpc) is 3.03. The molecule has 4 rings (SSSR count). The molecule has 1 atom stereocenters. The zero-order chi connectivity index (χ0) is 18.1. The molecular formula is C18H15N3O2S3. The van der Waals surface area contributed by atoms with Gasteiger partial charge in [0.05, 0.1) is 26.9 Å². The van der Waals surface area contributed by atoms with E-state index in [9.17, 15) is 9.59 Å². The third-order valence-electron chi connectivity index (χ3n) is 3.80. The lowest BCUT2D eigenvalue weighted by Gasteiger charge is -2.18. The molecule has 0 aliphatic carbocycles. The number of hydrogen-bond donors (Lipinski definition) is 2. The van der Waals surface area contributed by atoms with Crippen LogP contribution in [0.15, 0.2) is 51.7 Å². The Morgan fingerprint density at radius 1 is 1.31 bits per heavy atom. The fourth-order valence-electron chi connectivity index (χ4n) is 2.51. The number of thioether (sulfide) groups is 2. The number of thiazole rings is 1. The quantitative estimate of drug-likeness (QED) is 0.632. The first-order chi connectivity index (χ1) is 12.6. The molecule has 0 bridgehead atoms. The second-order valence-corrected chi connectivity index (χ2v) is 9.38. The summed E-state index contributed by atoms with van der Waals surface area (Å²) >= 11 is 4.54. The van der Waals surface area contributed by atoms with Crippen LogP contribution in [0, 0.1) is 0 Å². The number of benzene rings is 2. The maximum absolute atomic E-state index is 12.5. The highest BCUT2D eigenvalue weighted by molar-refractivity contribution is 8.02. The number of fused-ring (bicyclic) bond motifs is 2. The second-order valence-electron chi connectivity index (χ2n) is 5.74. The van der Waals surface area contributed by atoms with Gasteiger partial charge in [-0.3, -0.25) is 9.59 Å². The fourth-order valence-corrected chi connectivity index (χ4v) is 5.51. The van der Waals surface area contributed by atoms with Gasteiger partial charge in [0.2, 0.25) is 11.8 Å². The number of hydrogen-bond acceptors (Lipinski definition) is 6. The monoisotopic (exact) mass is 401 g/mol. The Morgan fingerprint density at radius 2 is 2.15 bits per heavy atom.